The number of anilines is 1. The van der Waals surface area contributed by atoms with Crippen LogP contribution < -0.4 is 10.9 Å². The van der Waals surface area contributed by atoms with E-state index in [1.807, 2.05) is 38.1 Å². The Balaban J connectivity index is 1.71. The Bertz CT molecular complexity index is 1450. The van der Waals surface area contributed by atoms with Crippen LogP contribution in [0, 0.1) is 0 Å². The first-order chi connectivity index (χ1) is 16.7. The van der Waals surface area contributed by atoms with Gasteiger partial charge in [-0.2, -0.15) is 13.2 Å². The summed E-state index contributed by atoms with van der Waals surface area (Å²) in [6.45, 7) is 4.02. The van der Waals surface area contributed by atoms with Crippen LogP contribution >= 0.6 is 11.8 Å². The molecule has 1 heterocycles. The number of carbonyl (C=O) groups is 1. The highest BCUT2D eigenvalue weighted by Crippen LogP contribution is 2.35. The van der Waals surface area contributed by atoms with E-state index in [1.165, 1.54) is 22.8 Å². The minimum absolute atomic E-state index is 0.115. The van der Waals surface area contributed by atoms with Crippen LogP contribution in [0.1, 0.15) is 30.9 Å². The molecule has 0 saturated carbocycles. The topological polar surface area (TPSA) is 64.0 Å². The number of aromatic nitrogens is 2. The van der Waals surface area contributed by atoms with Crippen LogP contribution in [-0.2, 0) is 11.0 Å². The van der Waals surface area contributed by atoms with Crippen LogP contribution in [0.25, 0.3) is 16.6 Å². The molecule has 0 unspecified atom stereocenters. The minimum Gasteiger partial charge on any atom is -0.325 e. The van der Waals surface area contributed by atoms with Gasteiger partial charge in [0.2, 0.25) is 5.91 Å². The van der Waals surface area contributed by atoms with Crippen molar-refractivity contribution in [2.75, 3.05) is 11.1 Å². The van der Waals surface area contributed by atoms with E-state index in [0.717, 1.165) is 23.4 Å². The number of alkyl halides is 3. The third kappa shape index (κ3) is 5.24. The second-order valence-electron chi connectivity index (χ2n) is 8.15. The number of nitrogens with one attached hydrogen (secondary N) is 1. The van der Waals surface area contributed by atoms with Gasteiger partial charge in [0.15, 0.2) is 5.16 Å². The molecule has 0 aliphatic rings. The molecule has 180 valence electrons. The average molecular weight is 498 g/mol. The number of halogens is 3. The Morgan fingerprint density at radius 3 is 2.40 bits per heavy atom. The molecule has 35 heavy (non-hydrogen) atoms. The maximum absolute atomic E-state index is 13.5. The second-order valence-corrected chi connectivity index (χ2v) is 9.09. The fourth-order valence-corrected chi connectivity index (χ4v) is 4.56. The van der Waals surface area contributed by atoms with Crippen molar-refractivity contribution in [3.05, 3.63) is 94.3 Å². The van der Waals surface area contributed by atoms with E-state index in [0.29, 0.717) is 16.6 Å². The maximum Gasteiger partial charge on any atom is 0.418 e. The van der Waals surface area contributed by atoms with Gasteiger partial charge in [0, 0.05) is 0 Å². The van der Waals surface area contributed by atoms with Crippen molar-refractivity contribution >= 4 is 34.3 Å². The summed E-state index contributed by atoms with van der Waals surface area (Å²) in [6, 6.07) is 19.2. The molecule has 4 aromatic rings. The molecular weight excluding hydrogens is 475 g/mol. The van der Waals surface area contributed by atoms with Crippen molar-refractivity contribution in [2.24, 2.45) is 0 Å². The molecule has 0 fully saturated rings. The number of para-hydroxylation sites is 3. The normalized spacial score (nSPS) is 11.7. The third-order valence-electron chi connectivity index (χ3n) is 5.38. The summed E-state index contributed by atoms with van der Waals surface area (Å²) in [4.78, 5) is 30.7. The largest absolute Gasteiger partial charge is 0.418 e. The summed E-state index contributed by atoms with van der Waals surface area (Å²) < 4.78 is 41.3. The Morgan fingerprint density at radius 2 is 1.66 bits per heavy atom. The number of benzene rings is 3. The van der Waals surface area contributed by atoms with E-state index in [9.17, 15) is 22.8 Å². The van der Waals surface area contributed by atoms with E-state index in [4.69, 9.17) is 0 Å². The lowest BCUT2D eigenvalue weighted by Gasteiger charge is -2.18. The number of rotatable bonds is 6. The van der Waals surface area contributed by atoms with Gasteiger partial charge in [0.05, 0.1) is 33.6 Å². The first-order valence-corrected chi connectivity index (χ1v) is 11.9. The monoisotopic (exact) mass is 497 g/mol. The zero-order chi connectivity index (χ0) is 25.2. The van der Waals surface area contributed by atoms with E-state index in [1.54, 1.807) is 24.3 Å². The standard InChI is InChI=1S/C26H22F3N3O2S/c1-16(2)17-9-4-8-14-22(17)32-24(34)18-10-3-6-12-20(18)31-25(32)35-15-23(33)30-21-13-7-5-11-19(21)26(27,28)29/h3-14,16H,15H2,1-2H3,(H,30,33). The predicted octanol–water partition coefficient (Wildman–Crippen LogP) is 6.26. The predicted molar refractivity (Wildman–Crippen MR) is 132 cm³/mol. The van der Waals surface area contributed by atoms with Crippen molar-refractivity contribution in [1.29, 1.82) is 0 Å². The Labute approximate surface area is 204 Å². The van der Waals surface area contributed by atoms with E-state index < -0.39 is 17.6 Å². The molecule has 0 bridgehead atoms. The summed E-state index contributed by atoms with van der Waals surface area (Å²) in [5.74, 6) is -0.761. The zero-order valence-electron chi connectivity index (χ0n) is 19.0. The number of hydrogen-bond donors (Lipinski definition) is 1. The number of thioether (sulfide) groups is 1. The van der Waals surface area contributed by atoms with Crippen molar-refractivity contribution in [2.45, 2.75) is 31.1 Å². The molecule has 1 aromatic heterocycles. The molecular formula is C26H22F3N3O2S. The second kappa shape index (κ2) is 9.95. The van der Waals surface area contributed by atoms with Crippen LogP contribution in [0.5, 0.6) is 0 Å². The maximum atomic E-state index is 13.5. The number of nitrogens with zero attached hydrogens (tertiary/aromatic N) is 2. The van der Waals surface area contributed by atoms with Crippen LogP contribution in [0.2, 0.25) is 0 Å². The fourth-order valence-electron chi connectivity index (χ4n) is 3.76. The van der Waals surface area contributed by atoms with Crippen molar-refractivity contribution in [1.82, 2.24) is 9.55 Å². The number of fused-ring (bicyclic) bond motifs is 1. The number of hydrogen-bond acceptors (Lipinski definition) is 4. The molecule has 1 N–H and O–H groups in total. The Morgan fingerprint density at radius 1 is 1.00 bits per heavy atom. The first kappa shape index (κ1) is 24.5. The van der Waals surface area contributed by atoms with Gasteiger partial charge in [0.1, 0.15) is 0 Å². The SMILES string of the molecule is CC(C)c1ccccc1-n1c(SCC(=O)Nc2ccccc2C(F)(F)F)nc2ccccc2c1=O. The highest BCUT2D eigenvalue weighted by molar-refractivity contribution is 7.99. The molecule has 3 aromatic carbocycles. The summed E-state index contributed by atoms with van der Waals surface area (Å²) in [7, 11) is 0. The molecule has 0 aliphatic carbocycles. The Kier molecular flexibility index (Phi) is 6.98. The molecule has 4 rings (SSSR count). The molecule has 0 saturated heterocycles. The van der Waals surface area contributed by atoms with E-state index >= 15 is 0 Å². The third-order valence-corrected chi connectivity index (χ3v) is 6.32. The highest BCUT2D eigenvalue weighted by atomic mass is 32.2. The minimum atomic E-state index is -4.60. The van der Waals surface area contributed by atoms with Crippen molar-refractivity contribution < 1.29 is 18.0 Å². The molecule has 0 spiro atoms. The lowest BCUT2D eigenvalue weighted by molar-refractivity contribution is -0.137. The van der Waals surface area contributed by atoms with Gasteiger partial charge in [-0.25, -0.2) is 4.98 Å². The van der Waals surface area contributed by atoms with Crippen LogP contribution in [-0.4, -0.2) is 21.2 Å². The first-order valence-electron chi connectivity index (χ1n) is 10.9. The highest BCUT2D eigenvalue weighted by Gasteiger charge is 2.33. The summed E-state index contributed by atoms with van der Waals surface area (Å²) >= 11 is 0.991. The van der Waals surface area contributed by atoms with Gasteiger partial charge in [0.25, 0.3) is 5.56 Å². The molecule has 0 radical (unpaired) electrons. The molecule has 0 atom stereocenters. The van der Waals surface area contributed by atoms with Crippen LogP contribution in [0.3, 0.4) is 0 Å². The zero-order valence-corrected chi connectivity index (χ0v) is 19.8. The van der Waals surface area contributed by atoms with Gasteiger partial charge >= 0.3 is 6.18 Å². The quantitative estimate of drug-likeness (QED) is 0.252. The van der Waals surface area contributed by atoms with Gasteiger partial charge < -0.3 is 5.32 Å². The van der Waals surface area contributed by atoms with E-state index in [2.05, 4.69) is 10.3 Å². The van der Waals surface area contributed by atoms with Gasteiger partial charge in [-0.05, 0) is 41.8 Å². The molecule has 1 amide bonds. The fraction of sp³-hybridized carbons (Fsp3) is 0.192. The lowest BCUT2D eigenvalue weighted by atomic mass is 10.0. The number of carbonyl (C=O) groups excluding carboxylic acids is 1. The van der Waals surface area contributed by atoms with Gasteiger partial charge in [-0.1, -0.05) is 68.1 Å². The van der Waals surface area contributed by atoms with Crippen LogP contribution in [0.15, 0.2) is 82.7 Å². The summed E-state index contributed by atoms with van der Waals surface area (Å²) in [6.07, 6.45) is -4.60. The van der Waals surface area contributed by atoms with Crippen molar-refractivity contribution in [3.63, 3.8) is 0 Å². The summed E-state index contributed by atoms with van der Waals surface area (Å²) in [5, 5.41) is 3.04. The molecule has 9 heteroatoms. The summed E-state index contributed by atoms with van der Waals surface area (Å²) in [5.41, 5.74) is 0.521. The van der Waals surface area contributed by atoms with Gasteiger partial charge in [-0.3, -0.25) is 14.2 Å². The number of amides is 1. The van der Waals surface area contributed by atoms with Crippen molar-refractivity contribution in [3.8, 4) is 5.69 Å². The lowest BCUT2D eigenvalue weighted by Crippen LogP contribution is -2.24. The van der Waals surface area contributed by atoms with Gasteiger partial charge in [-0.15, -0.1) is 0 Å². The smallest absolute Gasteiger partial charge is 0.325 e. The average Bonchev–Trinajstić information content (AvgIpc) is 2.82. The van der Waals surface area contributed by atoms with Crippen LogP contribution in [0.4, 0.5) is 18.9 Å². The van der Waals surface area contributed by atoms with E-state index in [-0.39, 0.29) is 28.1 Å². The molecule has 0 aliphatic heterocycles. The Hall–Kier alpha value is -3.59. The molecule has 5 nitrogen and oxygen atoms in total.